The van der Waals surface area contributed by atoms with Crippen molar-refractivity contribution in [3.63, 3.8) is 0 Å². The third-order valence-electron chi connectivity index (χ3n) is 5.23. The minimum Gasteiger partial charge on any atom is -0.493 e. The van der Waals surface area contributed by atoms with E-state index < -0.39 is 23.6 Å². The number of ether oxygens (including phenoxy) is 4. The van der Waals surface area contributed by atoms with Crippen LogP contribution >= 0.6 is 0 Å². The number of carbonyl (C=O) groups is 2. The van der Waals surface area contributed by atoms with Crippen molar-refractivity contribution in [3.05, 3.63) is 42.0 Å². The molecule has 2 amide bonds. The van der Waals surface area contributed by atoms with Gasteiger partial charge in [0.25, 0.3) is 0 Å². The quantitative estimate of drug-likeness (QED) is 0.614. The van der Waals surface area contributed by atoms with Crippen molar-refractivity contribution in [1.29, 1.82) is 0 Å². The molecule has 178 valence electrons. The number of carbonyl (C=O) groups excluding carboxylic acids is 2. The Morgan fingerprint density at radius 2 is 1.76 bits per heavy atom. The molecule has 0 radical (unpaired) electrons. The number of hydrogen-bond donors (Lipinski definition) is 1. The molecule has 1 aliphatic rings. The molecule has 0 saturated carbocycles. The van der Waals surface area contributed by atoms with Crippen molar-refractivity contribution >= 4 is 17.5 Å². The first-order chi connectivity index (χ1) is 15.8. The number of benzene rings is 2. The Balaban J connectivity index is 1.63. The zero-order valence-electron chi connectivity index (χ0n) is 18.8. The summed E-state index contributed by atoms with van der Waals surface area (Å²) < 4.78 is 48.0. The Morgan fingerprint density at radius 3 is 2.33 bits per heavy atom. The summed E-state index contributed by atoms with van der Waals surface area (Å²) in [5.74, 6) is -1.58. The summed E-state index contributed by atoms with van der Waals surface area (Å²) in [5, 5.41) is 2.77. The van der Waals surface area contributed by atoms with Crippen molar-refractivity contribution in [2.24, 2.45) is 5.92 Å². The highest BCUT2D eigenvalue weighted by Crippen LogP contribution is 2.42. The smallest absolute Gasteiger partial charge is 0.227 e. The molecule has 1 aliphatic heterocycles. The molecule has 0 bridgehead atoms. The third-order valence-corrected chi connectivity index (χ3v) is 5.23. The number of nitrogens with one attached hydrogen (secondary N) is 1. The Labute approximate surface area is 190 Å². The lowest BCUT2D eigenvalue weighted by Gasteiger charge is -2.21. The van der Waals surface area contributed by atoms with Crippen LogP contribution < -0.4 is 29.2 Å². The van der Waals surface area contributed by atoms with Gasteiger partial charge in [0, 0.05) is 31.2 Å². The zero-order chi connectivity index (χ0) is 24.1. The highest BCUT2D eigenvalue weighted by atomic mass is 19.1. The van der Waals surface area contributed by atoms with Crippen LogP contribution in [0.4, 0.5) is 14.5 Å². The van der Waals surface area contributed by atoms with Crippen molar-refractivity contribution in [3.8, 4) is 23.0 Å². The minimum atomic E-state index is -0.823. The van der Waals surface area contributed by atoms with Gasteiger partial charge in [-0.3, -0.25) is 9.59 Å². The number of amides is 2. The summed E-state index contributed by atoms with van der Waals surface area (Å²) >= 11 is 0. The van der Waals surface area contributed by atoms with Crippen molar-refractivity contribution in [2.45, 2.75) is 19.4 Å². The fraction of sp³-hybridized carbons (Fsp3) is 0.391. The standard InChI is InChI=1S/C23H26F2N2O6/c1-13(12-33-18-6-5-15(24)8-17(18)25)26-23(29)14-7-21(28)27(11-14)16-9-19(30-2)22(32-4)20(10-16)31-3/h5-6,8-10,13-14H,7,11-12H2,1-4H3,(H,26,29). The van der Waals surface area contributed by atoms with Crippen LogP contribution in [0.1, 0.15) is 13.3 Å². The molecule has 1 fully saturated rings. The van der Waals surface area contributed by atoms with E-state index >= 15 is 0 Å². The molecule has 1 N–H and O–H groups in total. The maximum Gasteiger partial charge on any atom is 0.227 e. The van der Waals surface area contributed by atoms with Gasteiger partial charge < -0.3 is 29.2 Å². The van der Waals surface area contributed by atoms with E-state index in [1.165, 1.54) is 32.3 Å². The average Bonchev–Trinajstić information content (AvgIpc) is 3.19. The van der Waals surface area contributed by atoms with Gasteiger partial charge in [0.2, 0.25) is 17.6 Å². The summed E-state index contributed by atoms with van der Waals surface area (Å²) in [5.41, 5.74) is 0.521. The van der Waals surface area contributed by atoms with Crippen LogP contribution in [0.15, 0.2) is 30.3 Å². The summed E-state index contributed by atoms with van der Waals surface area (Å²) in [4.78, 5) is 26.8. The van der Waals surface area contributed by atoms with E-state index in [1.807, 2.05) is 0 Å². The summed E-state index contributed by atoms with van der Waals surface area (Å²) in [6.45, 7) is 1.84. The van der Waals surface area contributed by atoms with Gasteiger partial charge in [-0.25, -0.2) is 8.78 Å². The maximum atomic E-state index is 13.7. The van der Waals surface area contributed by atoms with Gasteiger partial charge in [-0.15, -0.1) is 0 Å². The second-order valence-corrected chi connectivity index (χ2v) is 7.58. The van der Waals surface area contributed by atoms with Crippen LogP contribution in [0.2, 0.25) is 0 Å². The van der Waals surface area contributed by atoms with Gasteiger partial charge in [-0.2, -0.15) is 0 Å². The van der Waals surface area contributed by atoms with E-state index in [9.17, 15) is 18.4 Å². The monoisotopic (exact) mass is 464 g/mol. The second-order valence-electron chi connectivity index (χ2n) is 7.58. The topological polar surface area (TPSA) is 86.3 Å². The minimum absolute atomic E-state index is 0.0223. The van der Waals surface area contributed by atoms with E-state index in [2.05, 4.69) is 5.32 Å². The number of rotatable bonds is 9. The van der Waals surface area contributed by atoms with Crippen molar-refractivity contribution < 1.29 is 37.3 Å². The average molecular weight is 464 g/mol. The largest absolute Gasteiger partial charge is 0.493 e. The van der Waals surface area contributed by atoms with E-state index in [-0.39, 0.29) is 37.1 Å². The van der Waals surface area contributed by atoms with E-state index in [0.717, 1.165) is 12.1 Å². The summed E-state index contributed by atoms with van der Waals surface area (Å²) in [6.07, 6.45) is 0.0304. The van der Waals surface area contributed by atoms with Gasteiger partial charge in [0.05, 0.1) is 39.0 Å². The Morgan fingerprint density at radius 1 is 1.09 bits per heavy atom. The first-order valence-electron chi connectivity index (χ1n) is 10.3. The van der Waals surface area contributed by atoms with Crippen LogP contribution in [0, 0.1) is 17.6 Å². The van der Waals surface area contributed by atoms with Crippen LogP contribution in [0.25, 0.3) is 0 Å². The molecule has 2 atom stereocenters. The first kappa shape index (κ1) is 24.1. The van der Waals surface area contributed by atoms with Crippen LogP contribution in [0.5, 0.6) is 23.0 Å². The van der Waals surface area contributed by atoms with Crippen LogP contribution in [-0.4, -0.2) is 52.3 Å². The molecule has 0 aromatic heterocycles. The number of hydrogen-bond acceptors (Lipinski definition) is 6. The van der Waals surface area contributed by atoms with Crippen LogP contribution in [-0.2, 0) is 9.59 Å². The van der Waals surface area contributed by atoms with Gasteiger partial charge in [0.1, 0.15) is 12.4 Å². The SMILES string of the molecule is COc1cc(N2CC(C(=O)NC(C)COc3ccc(F)cc3F)CC2=O)cc(OC)c1OC. The summed E-state index contributed by atoms with van der Waals surface area (Å²) in [7, 11) is 4.44. The van der Waals surface area contributed by atoms with Crippen molar-refractivity contribution in [1.82, 2.24) is 5.32 Å². The molecule has 1 saturated heterocycles. The van der Waals surface area contributed by atoms with Crippen LogP contribution in [0.3, 0.4) is 0 Å². The number of nitrogens with zero attached hydrogens (tertiary/aromatic N) is 1. The molecule has 0 spiro atoms. The normalized spacial score (nSPS) is 16.4. The van der Waals surface area contributed by atoms with E-state index in [4.69, 9.17) is 18.9 Å². The molecular formula is C23H26F2N2O6. The predicted molar refractivity (Wildman–Crippen MR) is 116 cm³/mol. The Hall–Kier alpha value is -3.56. The van der Waals surface area contributed by atoms with Gasteiger partial charge in [0.15, 0.2) is 23.1 Å². The highest BCUT2D eigenvalue weighted by molar-refractivity contribution is 6.00. The fourth-order valence-corrected chi connectivity index (χ4v) is 3.57. The number of methoxy groups -OCH3 is 3. The zero-order valence-corrected chi connectivity index (χ0v) is 18.8. The number of anilines is 1. The molecular weight excluding hydrogens is 438 g/mol. The highest BCUT2D eigenvalue weighted by Gasteiger charge is 2.36. The lowest BCUT2D eigenvalue weighted by Crippen LogP contribution is -2.41. The molecule has 2 unspecified atom stereocenters. The molecule has 2 aromatic carbocycles. The fourth-order valence-electron chi connectivity index (χ4n) is 3.57. The molecule has 8 nitrogen and oxygen atoms in total. The van der Waals surface area contributed by atoms with Crippen molar-refractivity contribution in [2.75, 3.05) is 39.4 Å². The van der Waals surface area contributed by atoms with Gasteiger partial charge >= 0.3 is 0 Å². The van der Waals surface area contributed by atoms with Gasteiger partial charge in [-0.05, 0) is 19.1 Å². The second kappa shape index (κ2) is 10.4. The molecule has 3 rings (SSSR count). The molecule has 10 heteroatoms. The lowest BCUT2D eigenvalue weighted by molar-refractivity contribution is -0.127. The Kier molecular flexibility index (Phi) is 7.57. The predicted octanol–water partition coefficient (Wildman–Crippen LogP) is 2.93. The molecule has 1 heterocycles. The number of halogens is 2. The summed E-state index contributed by atoms with van der Waals surface area (Å²) in [6, 6.07) is 5.82. The lowest BCUT2D eigenvalue weighted by atomic mass is 10.1. The maximum absolute atomic E-state index is 13.7. The first-order valence-corrected chi connectivity index (χ1v) is 10.3. The third kappa shape index (κ3) is 5.44. The van der Waals surface area contributed by atoms with Gasteiger partial charge in [-0.1, -0.05) is 0 Å². The molecule has 0 aliphatic carbocycles. The molecule has 33 heavy (non-hydrogen) atoms. The molecule has 2 aromatic rings. The Bertz CT molecular complexity index is 1010. The van der Waals surface area contributed by atoms with E-state index in [0.29, 0.717) is 22.9 Å². The van der Waals surface area contributed by atoms with E-state index in [1.54, 1.807) is 19.1 Å².